The highest BCUT2D eigenvalue weighted by Crippen LogP contribution is 2.32. The van der Waals surface area contributed by atoms with Gasteiger partial charge in [-0.3, -0.25) is 4.79 Å². The number of methoxy groups -OCH3 is 2. The molecular formula is C21H23N5O4. The first kappa shape index (κ1) is 15.5. The van der Waals surface area contributed by atoms with Gasteiger partial charge in [0.15, 0.2) is 5.65 Å². The van der Waals surface area contributed by atoms with Crippen molar-refractivity contribution in [3.63, 3.8) is 0 Å². The van der Waals surface area contributed by atoms with Gasteiger partial charge in [0.1, 0.15) is 18.5 Å². The van der Waals surface area contributed by atoms with Gasteiger partial charge in [0.05, 0.1) is 23.4 Å². The maximum atomic E-state index is 12.8. The third-order valence-corrected chi connectivity index (χ3v) is 5.55. The van der Waals surface area contributed by atoms with Crippen LogP contribution in [0.1, 0.15) is 10.5 Å². The molecule has 4 bridgehead atoms. The summed E-state index contributed by atoms with van der Waals surface area (Å²) in [4.78, 5) is 19.1. The number of carbonyl (C=O) groups is 1. The second-order valence-electron chi connectivity index (χ2n) is 7.32. The molecule has 4 heterocycles. The van der Waals surface area contributed by atoms with Crippen molar-refractivity contribution in [3.8, 4) is 22.8 Å². The molecule has 0 radical (unpaired) electrons. The summed E-state index contributed by atoms with van der Waals surface area (Å²) in [5.41, 5.74) is 2.59. The Morgan fingerprint density at radius 3 is 3.17 bits per heavy atom. The van der Waals surface area contributed by atoms with Gasteiger partial charge in [-0.1, -0.05) is 0 Å². The molecule has 2 aromatic heterocycles. The van der Waals surface area contributed by atoms with Gasteiger partial charge in [0.2, 0.25) is 5.88 Å². The number of nitrogens with zero attached hydrogens (tertiary/aromatic N) is 4. The lowest BCUT2D eigenvalue weighted by atomic mass is 10.1. The SMILES string of the molecule is [2H]C([2H])([2H])Oc1cc2cc(c1)-c1cnn3ccc(nc13)OC[C@@H]1C[C@@H](OC)C(=O)N1CCN2. The van der Waals surface area contributed by atoms with Crippen LogP contribution >= 0.6 is 0 Å². The zero-order chi connectivity index (χ0) is 23.2. The van der Waals surface area contributed by atoms with Gasteiger partial charge in [-0.2, -0.15) is 10.1 Å². The van der Waals surface area contributed by atoms with Gasteiger partial charge in [0.25, 0.3) is 5.91 Å². The molecule has 0 unspecified atom stereocenters. The Kier molecular flexibility index (Phi) is 3.87. The van der Waals surface area contributed by atoms with Crippen molar-refractivity contribution in [2.45, 2.75) is 18.6 Å². The molecule has 2 atom stereocenters. The molecule has 9 heteroatoms. The Balaban J connectivity index is 1.58. The van der Waals surface area contributed by atoms with E-state index < -0.39 is 13.1 Å². The van der Waals surface area contributed by atoms with Gasteiger partial charge in [0, 0.05) is 56.2 Å². The minimum Gasteiger partial charge on any atom is -0.497 e. The highest BCUT2D eigenvalue weighted by molar-refractivity contribution is 5.84. The van der Waals surface area contributed by atoms with Crippen LogP contribution in [0.5, 0.6) is 11.6 Å². The van der Waals surface area contributed by atoms with Gasteiger partial charge in [-0.15, -0.1) is 0 Å². The van der Waals surface area contributed by atoms with Crippen molar-refractivity contribution >= 4 is 17.2 Å². The Hall–Kier alpha value is -3.33. The number of aromatic nitrogens is 3. The summed E-state index contributed by atoms with van der Waals surface area (Å²) < 4.78 is 40.5. The van der Waals surface area contributed by atoms with E-state index in [0.29, 0.717) is 54.5 Å². The van der Waals surface area contributed by atoms with Crippen LogP contribution < -0.4 is 14.8 Å². The number of amides is 1. The van der Waals surface area contributed by atoms with E-state index >= 15 is 0 Å². The molecule has 0 spiro atoms. The number of benzene rings is 1. The highest BCUT2D eigenvalue weighted by Gasteiger charge is 2.39. The summed E-state index contributed by atoms with van der Waals surface area (Å²) >= 11 is 0. The van der Waals surface area contributed by atoms with E-state index in [1.54, 1.807) is 40.0 Å². The third-order valence-electron chi connectivity index (χ3n) is 5.55. The first-order chi connectivity index (χ1) is 15.8. The Morgan fingerprint density at radius 2 is 2.30 bits per heavy atom. The number of nitrogens with one attached hydrogen (secondary N) is 1. The van der Waals surface area contributed by atoms with E-state index in [2.05, 4.69) is 15.4 Å². The lowest BCUT2D eigenvalue weighted by Crippen LogP contribution is -2.41. The quantitative estimate of drug-likeness (QED) is 0.687. The van der Waals surface area contributed by atoms with Crippen molar-refractivity contribution in [3.05, 3.63) is 36.7 Å². The van der Waals surface area contributed by atoms with E-state index in [1.807, 2.05) is 6.07 Å². The van der Waals surface area contributed by atoms with E-state index in [-0.39, 0.29) is 17.7 Å². The second kappa shape index (κ2) is 7.49. The molecule has 2 aliphatic heterocycles. The van der Waals surface area contributed by atoms with Crippen molar-refractivity contribution in [1.82, 2.24) is 19.5 Å². The molecule has 3 aromatic rings. The number of hydrogen-bond acceptors (Lipinski definition) is 7. The van der Waals surface area contributed by atoms with E-state index in [1.165, 1.54) is 7.11 Å². The summed E-state index contributed by atoms with van der Waals surface area (Å²) in [7, 11) is -1.07. The highest BCUT2D eigenvalue weighted by atomic mass is 16.5. The predicted octanol–water partition coefficient (Wildman–Crippen LogP) is 1.83. The molecule has 5 rings (SSSR count). The first-order valence-electron chi connectivity index (χ1n) is 11.2. The number of anilines is 1. The number of ether oxygens (including phenoxy) is 3. The van der Waals surface area contributed by atoms with Crippen LogP contribution in [0.3, 0.4) is 0 Å². The van der Waals surface area contributed by atoms with Crippen molar-refractivity contribution in [2.75, 3.05) is 39.2 Å². The van der Waals surface area contributed by atoms with Gasteiger partial charge >= 0.3 is 0 Å². The monoisotopic (exact) mass is 412 g/mol. The van der Waals surface area contributed by atoms with Gasteiger partial charge < -0.3 is 24.4 Å². The van der Waals surface area contributed by atoms with E-state index in [9.17, 15) is 4.79 Å². The summed E-state index contributed by atoms with van der Waals surface area (Å²) in [5.74, 6) is 0.507. The fourth-order valence-corrected chi connectivity index (χ4v) is 4.04. The van der Waals surface area contributed by atoms with E-state index in [4.69, 9.17) is 18.3 Å². The number of rotatable bonds is 2. The number of hydrogen-bond donors (Lipinski definition) is 1. The molecule has 0 saturated carbocycles. The summed E-state index contributed by atoms with van der Waals surface area (Å²) in [6.07, 6.45) is 3.43. The second-order valence-corrected chi connectivity index (χ2v) is 7.32. The molecule has 0 aliphatic carbocycles. The molecule has 1 N–H and O–H groups in total. The van der Waals surface area contributed by atoms with Crippen LogP contribution in [-0.2, 0) is 9.53 Å². The molecule has 9 nitrogen and oxygen atoms in total. The fourth-order valence-electron chi connectivity index (χ4n) is 4.04. The largest absolute Gasteiger partial charge is 0.497 e. The average molecular weight is 412 g/mol. The topological polar surface area (TPSA) is 90.2 Å². The summed E-state index contributed by atoms with van der Waals surface area (Å²) in [5, 5.41) is 7.62. The smallest absolute Gasteiger partial charge is 0.252 e. The zero-order valence-corrected chi connectivity index (χ0v) is 16.4. The Bertz CT molecular complexity index is 1200. The average Bonchev–Trinajstić information content (AvgIpc) is 3.31. The van der Waals surface area contributed by atoms with Crippen molar-refractivity contribution < 1.29 is 23.1 Å². The van der Waals surface area contributed by atoms with Crippen LogP contribution in [0.15, 0.2) is 36.7 Å². The molecule has 2 aliphatic rings. The molecule has 1 amide bonds. The van der Waals surface area contributed by atoms with Crippen LogP contribution in [0.2, 0.25) is 0 Å². The summed E-state index contributed by atoms with van der Waals surface area (Å²) in [6, 6.07) is 6.68. The van der Waals surface area contributed by atoms with Crippen LogP contribution in [0, 0.1) is 0 Å². The zero-order valence-electron chi connectivity index (χ0n) is 19.4. The van der Waals surface area contributed by atoms with E-state index in [0.717, 1.165) is 0 Å². The van der Waals surface area contributed by atoms with Crippen molar-refractivity contribution in [1.29, 1.82) is 0 Å². The van der Waals surface area contributed by atoms with Crippen molar-refractivity contribution in [2.24, 2.45) is 0 Å². The maximum Gasteiger partial charge on any atom is 0.252 e. The summed E-state index contributed by atoms with van der Waals surface area (Å²) in [6.45, 7) is 1.17. The molecular weight excluding hydrogens is 386 g/mol. The standard InChI is InChI=1S/C21H23N5O4/c1-28-16-8-13-7-14(9-16)22-4-6-25-15(10-18(29-2)21(25)27)12-30-19-3-5-26-20(24-19)17(13)11-23-26/h3,5,7-9,11,15,18,22H,4,6,10,12H2,1-2H3/t15-,18+/m0/s1/i1D3. The molecule has 1 saturated heterocycles. The van der Waals surface area contributed by atoms with Crippen LogP contribution in [0.4, 0.5) is 5.69 Å². The maximum absolute atomic E-state index is 12.8. The normalized spacial score (nSPS) is 23.0. The molecule has 1 aromatic carbocycles. The minimum atomic E-state index is -2.60. The van der Waals surface area contributed by atoms with Crippen LogP contribution in [-0.4, -0.2) is 71.4 Å². The van der Waals surface area contributed by atoms with Crippen LogP contribution in [0.25, 0.3) is 16.8 Å². The first-order valence-corrected chi connectivity index (χ1v) is 9.69. The minimum absolute atomic E-state index is 0.0818. The lowest BCUT2D eigenvalue weighted by molar-refractivity contribution is -0.136. The Morgan fingerprint density at radius 1 is 1.37 bits per heavy atom. The predicted molar refractivity (Wildman–Crippen MR) is 110 cm³/mol. The lowest BCUT2D eigenvalue weighted by Gasteiger charge is -2.25. The fraction of sp³-hybridized carbons (Fsp3) is 0.381. The molecule has 1 fully saturated rings. The molecule has 156 valence electrons. The third kappa shape index (κ3) is 3.21. The number of fused-ring (bicyclic) bond motifs is 5. The van der Waals surface area contributed by atoms with Gasteiger partial charge in [-0.25, -0.2) is 4.52 Å². The number of carbonyl (C=O) groups excluding carboxylic acids is 1. The van der Waals surface area contributed by atoms with Gasteiger partial charge in [-0.05, 0) is 17.7 Å². The molecule has 30 heavy (non-hydrogen) atoms. The Labute approximate surface area is 177 Å².